The summed E-state index contributed by atoms with van der Waals surface area (Å²) in [7, 11) is 0. The summed E-state index contributed by atoms with van der Waals surface area (Å²) in [6, 6.07) is 18.5. The number of imidazole rings is 1. The van der Waals surface area contributed by atoms with E-state index < -0.39 is 0 Å². The van der Waals surface area contributed by atoms with Crippen LogP contribution in [0.1, 0.15) is 6.92 Å². The van der Waals surface area contributed by atoms with Gasteiger partial charge in [0.25, 0.3) is 6.01 Å². The minimum atomic E-state index is -0.205. The Hall–Kier alpha value is -3.79. The van der Waals surface area contributed by atoms with Gasteiger partial charge in [0, 0.05) is 11.5 Å². The molecule has 2 aliphatic rings. The van der Waals surface area contributed by atoms with Gasteiger partial charge in [-0.15, -0.1) is 0 Å². The molecule has 2 saturated heterocycles. The Bertz CT molecular complexity index is 1550. The molecule has 7 rings (SSSR count). The van der Waals surface area contributed by atoms with Crippen molar-refractivity contribution < 1.29 is 14.2 Å². The summed E-state index contributed by atoms with van der Waals surface area (Å²) >= 11 is 6.62. The second kappa shape index (κ2) is 8.95. The van der Waals surface area contributed by atoms with Gasteiger partial charge in [-0.2, -0.15) is 10.1 Å². The van der Waals surface area contributed by atoms with Crippen LogP contribution >= 0.6 is 11.6 Å². The van der Waals surface area contributed by atoms with E-state index in [4.69, 9.17) is 30.8 Å². The van der Waals surface area contributed by atoms with Gasteiger partial charge in [-0.05, 0) is 29.3 Å². The fraction of sp³-hybridized carbons (Fsp3) is 0.259. The van der Waals surface area contributed by atoms with Gasteiger partial charge >= 0.3 is 0 Å². The Morgan fingerprint density at radius 2 is 1.68 bits per heavy atom. The van der Waals surface area contributed by atoms with Crippen molar-refractivity contribution in [3.63, 3.8) is 0 Å². The molecule has 0 saturated carbocycles. The Labute approximate surface area is 217 Å². The number of nitrogens with zero attached hydrogens (tertiary/aromatic N) is 5. The molecule has 10 heteroatoms. The van der Waals surface area contributed by atoms with Crippen molar-refractivity contribution in [1.29, 1.82) is 0 Å². The number of rotatable bonds is 5. The number of hydrogen-bond donors (Lipinski definition) is 1. The smallest absolute Gasteiger partial charge is 0.296 e. The molecule has 2 fully saturated rings. The zero-order chi connectivity index (χ0) is 24.9. The molecule has 0 radical (unpaired) electrons. The molecule has 0 amide bonds. The SMILES string of the molecule is C[C@@H]1CO[C@@H]2C(Oc3nc4nc(-c5ccc(-c6ccc(-n7cncn7)cc6)cc5)c(Cl)cc4[nH]3)CO[C@H]12. The number of aromatic amines is 1. The lowest BCUT2D eigenvalue weighted by molar-refractivity contribution is 0.0262. The highest BCUT2D eigenvalue weighted by Gasteiger charge is 2.47. The first kappa shape index (κ1) is 22.4. The largest absolute Gasteiger partial charge is 0.456 e. The van der Waals surface area contributed by atoms with E-state index in [1.807, 2.05) is 30.3 Å². The third-order valence-electron chi connectivity index (χ3n) is 6.97. The number of benzene rings is 2. The first-order chi connectivity index (χ1) is 18.1. The molecule has 2 aromatic carbocycles. The van der Waals surface area contributed by atoms with E-state index in [0.29, 0.717) is 47.0 Å². The molecule has 37 heavy (non-hydrogen) atoms. The number of pyridine rings is 1. The number of hydrogen-bond acceptors (Lipinski definition) is 7. The van der Waals surface area contributed by atoms with Crippen molar-refractivity contribution in [2.24, 2.45) is 5.92 Å². The molecular weight excluding hydrogens is 492 g/mol. The van der Waals surface area contributed by atoms with Gasteiger partial charge in [-0.1, -0.05) is 54.9 Å². The van der Waals surface area contributed by atoms with Gasteiger partial charge in [0.15, 0.2) is 11.8 Å². The first-order valence-electron chi connectivity index (χ1n) is 12.1. The molecule has 5 heterocycles. The molecule has 0 aliphatic carbocycles. The van der Waals surface area contributed by atoms with Crippen LogP contribution in [0.2, 0.25) is 5.02 Å². The lowest BCUT2D eigenvalue weighted by Gasteiger charge is -2.15. The van der Waals surface area contributed by atoms with Gasteiger partial charge in [0.1, 0.15) is 18.8 Å². The van der Waals surface area contributed by atoms with Gasteiger partial charge < -0.3 is 19.2 Å². The molecule has 4 atom stereocenters. The molecule has 0 bridgehead atoms. The average Bonchev–Trinajstić information content (AvgIpc) is 3.71. The predicted octanol–water partition coefficient (Wildman–Crippen LogP) is 4.71. The van der Waals surface area contributed by atoms with E-state index in [0.717, 1.165) is 22.4 Å². The Morgan fingerprint density at radius 1 is 0.946 bits per heavy atom. The molecular formula is C27H23ClN6O3. The highest BCUT2D eigenvalue weighted by Crippen LogP contribution is 2.34. The van der Waals surface area contributed by atoms with Gasteiger partial charge in [-0.25, -0.2) is 14.6 Å². The third kappa shape index (κ3) is 4.05. The maximum Gasteiger partial charge on any atom is 0.296 e. The summed E-state index contributed by atoms with van der Waals surface area (Å²) in [5.74, 6) is 0.364. The van der Waals surface area contributed by atoms with Crippen molar-refractivity contribution in [1.82, 2.24) is 29.7 Å². The predicted molar refractivity (Wildman–Crippen MR) is 138 cm³/mol. The van der Waals surface area contributed by atoms with E-state index in [1.165, 1.54) is 6.33 Å². The van der Waals surface area contributed by atoms with Crippen LogP contribution in [0, 0.1) is 5.92 Å². The molecule has 1 unspecified atom stereocenters. The van der Waals surface area contributed by atoms with Crippen LogP contribution in [0.15, 0.2) is 67.3 Å². The molecule has 5 aromatic rings. The second-order valence-electron chi connectivity index (χ2n) is 9.43. The van der Waals surface area contributed by atoms with Crippen molar-refractivity contribution in [2.45, 2.75) is 25.2 Å². The highest BCUT2D eigenvalue weighted by molar-refractivity contribution is 6.33. The number of fused-ring (bicyclic) bond motifs is 2. The first-order valence-corrected chi connectivity index (χ1v) is 12.5. The van der Waals surface area contributed by atoms with E-state index in [9.17, 15) is 0 Å². The van der Waals surface area contributed by atoms with Crippen LogP contribution in [0.5, 0.6) is 6.01 Å². The molecule has 186 valence electrons. The van der Waals surface area contributed by atoms with E-state index in [1.54, 1.807) is 11.0 Å². The molecule has 1 N–H and O–H groups in total. The lowest BCUT2D eigenvalue weighted by Crippen LogP contribution is -2.33. The number of H-pyrrole nitrogens is 1. The fourth-order valence-electron chi connectivity index (χ4n) is 5.02. The van der Waals surface area contributed by atoms with Crippen LogP contribution < -0.4 is 4.74 Å². The lowest BCUT2D eigenvalue weighted by atomic mass is 10.0. The monoisotopic (exact) mass is 514 g/mol. The van der Waals surface area contributed by atoms with Crippen LogP contribution in [-0.4, -0.2) is 61.2 Å². The quantitative estimate of drug-likeness (QED) is 0.362. The Balaban J connectivity index is 1.11. The zero-order valence-electron chi connectivity index (χ0n) is 19.9. The molecule has 0 spiro atoms. The number of aromatic nitrogens is 6. The maximum absolute atomic E-state index is 6.62. The molecule has 9 nitrogen and oxygen atoms in total. The zero-order valence-corrected chi connectivity index (χ0v) is 20.7. The van der Waals surface area contributed by atoms with Crippen LogP contribution in [0.25, 0.3) is 39.2 Å². The summed E-state index contributed by atoms with van der Waals surface area (Å²) in [4.78, 5) is 16.5. The van der Waals surface area contributed by atoms with Gasteiger partial charge in [0.05, 0.1) is 41.2 Å². The van der Waals surface area contributed by atoms with Crippen molar-refractivity contribution in [3.05, 3.63) is 72.3 Å². The summed E-state index contributed by atoms with van der Waals surface area (Å²) in [5, 5.41) is 4.70. The summed E-state index contributed by atoms with van der Waals surface area (Å²) < 4.78 is 19.6. The normalized spacial score (nSPS) is 23.0. The van der Waals surface area contributed by atoms with Gasteiger partial charge in [-0.3, -0.25) is 0 Å². The van der Waals surface area contributed by atoms with Crippen LogP contribution in [0.4, 0.5) is 0 Å². The highest BCUT2D eigenvalue weighted by atomic mass is 35.5. The maximum atomic E-state index is 6.62. The summed E-state index contributed by atoms with van der Waals surface area (Å²) in [6.45, 7) is 3.29. The molecule has 3 aromatic heterocycles. The number of ether oxygens (including phenoxy) is 3. The topological polar surface area (TPSA) is 100.0 Å². The number of nitrogens with one attached hydrogen (secondary N) is 1. The minimum absolute atomic E-state index is 0.0724. The van der Waals surface area contributed by atoms with E-state index in [-0.39, 0.29) is 18.3 Å². The Kier molecular flexibility index (Phi) is 5.42. The second-order valence-corrected chi connectivity index (χ2v) is 9.83. The number of halogens is 1. The summed E-state index contributed by atoms with van der Waals surface area (Å²) in [6.07, 6.45) is 2.98. The van der Waals surface area contributed by atoms with E-state index in [2.05, 4.69) is 51.2 Å². The van der Waals surface area contributed by atoms with E-state index >= 15 is 0 Å². The fourth-order valence-corrected chi connectivity index (χ4v) is 5.28. The standard InChI is InChI=1S/C27H23ClN6O3/c1-15-11-35-25-22(12-36-24(15)25)37-27-31-21-10-20(28)23(32-26(21)33-27)18-4-2-16(3-5-18)17-6-8-19(9-7-17)34-14-29-13-30-34/h2-10,13-15,22,24-25H,11-12H2,1H3,(H,31,32,33)/t15-,22?,24-,25-/m1/s1. The average molecular weight is 515 g/mol. The van der Waals surface area contributed by atoms with Gasteiger partial charge in [0.2, 0.25) is 0 Å². The van der Waals surface area contributed by atoms with Crippen LogP contribution in [-0.2, 0) is 9.47 Å². The summed E-state index contributed by atoms with van der Waals surface area (Å²) in [5.41, 5.74) is 5.95. The minimum Gasteiger partial charge on any atom is -0.456 e. The van der Waals surface area contributed by atoms with Crippen molar-refractivity contribution in [2.75, 3.05) is 13.2 Å². The van der Waals surface area contributed by atoms with Crippen molar-refractivity contribution in [3.8, 4) is 34.1 Å². The Morgan fingerprint density at radius 3 is 2.43 bits per heavy atom. The van der Waals surface area contributed by atoms with Crippen molar-refractivity contribution >= 4 is 22.8 Å². The molecule has 2 aliphatic heterocycles. The van der Waals surface area contributed by atoms with Crippen LogP contribution in [0.3, 0.4) is 0 Å². The third-order valence-corrected chi connectivity index (χ3v) is 7.25.